The summed E-state index contributed by atoms with van der Waals surface area (Å²) in [4.78, 5) is 0. The van der Waals surface area contributed by atoms with Crippen LogP contribution in [0.15, 0.2) is 22.9 Å². The Morgan fingerprint density at radius 2 is 1.68 bits per heavy atom. The minimum atomic E-state index is 0.186. The zero-order valence-electron chi connectivity index (χ0n) is 12.1. The molecule has 0 spiro atoms. The summed E-state index contributed by atoms with van der Waals surface area (Å²) in [6.07, 6.45) is 0.937. The number of thiophene rings is 1. The van der Waals surface area contributed by atoms with Crippen molar-refractivity contribution in [3.05, 3.63) is 56.3 Å². The molecule has 3 heteroatoms. The van der Waals surface area contributed by atoms with Crippen molar-refractivity contribution >= 4 is 11.3 Å². The lowest BCUT2D eigenvalue weighted by molar-refractivity contribution is 0.549. The van der Waals surface area contributed by atoms with Crippen LogP contribution in [0.5, 0.6) is 0 Å². The van der Waals surface area contributed by atoms with E-state index in [4.69, 9.17) is 5.84 Å². The van der Waals surface area contributed by atoms with Crippen molar-refractivity contribution in [1.29, 1.82) is 0 Å². The van der Waals surface area contributed by atoms with Crippen LogP contribution in [0.4, 0.5) is 0 Å². The van der Waals surface area contributed by atoms with Gasteiger partial charge in [-0.3, -0.25) is 11.3 Å². The highest BCUT2D eigenvalue weighted by Crippen LogP contribution is 2.27. The highest BCUT2D eigenvalue weighted by atomic mass is 32.1. The molecular formula is C16H22N2S. The fourth-order valence-corrected chi connectivity index (χ4v) is 3.63. The van der Waals surface area contributed by atoms with Gasteiger partial charge in [0.25, 0.3) is 0 Å². The largest absolute Gasteiger partial charge is 0.271 e. The third-order valence-electron chi connectivity index (χ3n) is 3.72. The Labute approximate surface area is 119 Å². The van der Waals surface area contributed by atoms with Gasteiger partial charge in [0.1, 0.15) is 0 Å². The van der Waals surface area contributed by atoms with E-state index in [1.165, 1.54) is 33.4 Å². The fourth-order valence-electron chi connectivity index (χ4n) is 2.72. The van der Waals surface area contributed by atoms with Gasteiger partial charge < -0.3 is 0 Å². The van der Waals surface area contributed by atoms with E-state index in [0.29, 0.717) is 0 Å². The van der Waals surface area contributed by atoms with E-state index in [9.17, 15) is 0 Å². The number of rotatable bonds is 4. The highest BCUT2D eigenvalue weighted by Gasteiger charge is 2.16. The first-order valence-electron chi connectivity index (χ1n) is 6.58. The lowest BCUT2D eigenvalue weighted by Gasteiger charge is -2.19. The lowest BCUT2D eigenvalue weighted by atomic mass is 9.92. The van der Waals surface area contributed by atoms with Crippen molar-refractivity contribution in [2.75, 3.05) is 0 Å². The van der Waals surface area contributed by atoms with Gasteiger partial charge in [-0.25, -0.2) is 0 Å². The van der Waals surface area contributed by atoms with Crippen LogP contribution in [0.3, 0.4) is 0 Å². The maximum absolute atomic E-state index is 5.77. The zero-order valence-corrected chi connectivity index (χ0v) is 12.9. The molecule has 102 valence electrons. The maximum atomic E-state index is 5.77. The van der Waals surface area contributed by atoms with E-state index in [-0.39, 0.29) is 6.04 Å². The third-order valence-corrected chi connectivity index (χ3v) is 4.60. The second kappa shape index (κ2) is 5.87. The SMILES string of the molecule is Cc1cc(C)c(CC(NN)c2cscc2C)c(C)c1. The van der Waals surface area contributed by atoms with Crippen LogP contribution in [0, 0.1) is 27.7 Å². The summed E-state index contributed by atoms with van der Waals surface area (Å²) in [7, 11) is 0. The summed E-state index contributed by atoms with van der Waals surface area (Å²) in [5.41, 5.74) is 11.0. The van der Waals surface area contributed by atoms with Crippen LogP contribution in [0.2, 0.25) is 0 Å². The van der Waals surface area contributed by atoms with Crippen LogP contribution in [0.25, 0.3) is 0 Å². The molecule has 0 bridgehead atoms. The molecule has 0 aliphatic heterocycles. The van der Waals surface area contributed by atoms with Crippen LogP contribution in [-0.2, 0) is 6.42 Å². The molecule has 0 aliphatic carbocycles. The molecule has 1 heterocycles. The van der Waals surface area contributed by atoms with Crippen LogP contribution < -0.4 is 11.3 Å². The molecule has 1 atom stereocenters. The smallest absolute Gasteiger partial charge is 0.0511 e. The van der Waals surface area contributed by atoms with Crippen molar-refractivity contribution in [3.63, 3.8) is 0 Å². The topological polar surface area (TPSA) is 38.0 Å². The van der Waals surface area contributed by atoms with Gasteiger partial charge >= 0.3 is 0 Å². The minimum absolute atomic E-state index is 0.186. The van der Waals surface area contributed by atoms with Gasteiger partial charge in [0.15, 0.2) is 0 Å². The standard InChI is InChI=1S/C16H22N2S/c1-10-5-11(2)14(12(3)6-10)7-16(18-17)15-9-19-8-13(15)4/h5-6,8-9,16,18H,7,17H2,1-4H3. The molecule has 0 radical (unpaired) electrons. The van der Waals surface area contributed by atoms with Gasteiger partial charge in [0.05, 0.1) is 6.04 Å². The lowest BCUT2D eigenvalue weighted by Crippen LogP contribution is -2.30. The number of benzene rings is 1. The molecule has 1 unspecified atom stereocenters. The van der Waals surface area contributed by atoms with Crippen LogP contribution >= 0.6 is 11.3 Å². The summed E-state index contributed by atoms with van der Waals surface area (Å²) in [6.45, 7) is 8.66. The van der Waals surface area contributed by atoms with Gasteiger partial charge in [0, 0.05) is 0 Å². The van der Waals surface area contributed by atoms with Crippen LogP contribution in [0.1, 0.15) is 39.4 Å². The van der Waals surface area contributed by atoms with Crippen molar-refractivity contribution in [3.8, 4) is 0 Å². The van der Waals surface area contributed by atoms with Crippen molar-refractivity contribution in [2.45, 2.75) is 40.2 Å². The first-order valence-corrected chi connectivity index (χ1v) is 7.52. The molecule has 2 aromatic rings. The molecule has 0 fully saturated rings. The summed E-state index contributed by atoms with van der Waals surface area (Å²) in [5, 5.41) is 4.37. The fraction of sp³-hybridized carbons (Fsp3) is 0.375. The van der Waals surface area contributed by atoms with Gasteiger partial charge in [-0.1, -0.05) is 17.7 Å². The molecule has 0 saturated carbocycles. The molecule has 0 amide bonds. The molecule has 0 saturated heterocycles. The maximum Gasteiger partial charge on any atom is 0.0511 e. The highest BCUT2D eigenvalue weighted by molar-refractivity contribution is 7.08. The second-order valence-electron chi connectivity index (χ2n) is 5.31. The third kappa shape index (κ3) is 3.06. The number of nitrogens with two attached hydrogens (primary N) is 1. The summed E-state index contributed by atoms with van der Waals surface area (Å²) >= 11 is 1.74. The molecule has 1 aromatic carbocycles. The Morgan fingerprint density at radius 3 is 2.16 bits per heavy atom. The summed E-state index contributed by atoms with van der Waals surface area (Å²) < 4.78 is 0. The van der Waals surface area contributed by atoms with Crippen molar-refractivity contribution in [1.82, 2.24) is 5.43 Å². The average molecular weight is 274 g/mol. The molecule has 3 N–H and O–H groups in total. The van der Waals surface area contributed by atoms with E-state index in [0.717, 1.165) is 6.42 Å². The summed E-state index contributed by atoms with van der Waals surface area (Å²) in [5.74, 6) is 5.77. The van der Waals surface area contributed by atoms with Gasteiger partial charge in [-0.15, -0.1) is 0 Å². The number of nitrogens with one attached hydrogen (secondary N) is 1. The van der Waals surface area contributed by atoms with Crippen molar-refractivity contribution < 1.29 is 0 Å². The monoisotopic (exact) mass is 274 g/mol. The van der Waals surface area contributed by atoms with Crippen molar-refractivity contribution in [2.24, 2.45) is 5.84 Å². The van der Waals surface area contributed by atoms with Gasteiger partial charge in [-0.2, -0.15) is 11.3 Å². The van der Waals surface area contributed by atoms with Crippen LogP contribution in [-0.4, -0.2) is 0 Å². The molecule has 2 rings (SSSR count). The molecular weight excluding hydrogens is 252 g/mol. The number of aryl methyl sites for hydroxylation is 4. The Bertz CT molecular complexity index is 549. The number of hydrogen-bond acceptors (Lipinski definition) is 3. The normalized spacial score (nSPS) is 12.7. The van der Waals surface area contributed by atoms with Gasteiger partial charge in [-0.05, 0) is 72.7 Å². The second-order valence-corrected chi connectivity index (χ2v) is 6.05. The van der Waals surface area contributed by atoms with Gasteiger partial charge in [0.2, 0.25) is 0 Å². The summed E-state index contributed by atoms with van der Waals surface area (Å²) in [6, 6.07) is 4.68. The van der Waals surface area contributed by atoms with E-state index in [1.807, 2.05) is 0 Å². The predicted molar refractivity (Wildman–Crippen MR) is 83.5 cm³/mol. The van der Waals surface area contributed by atoms with E-state index in [1.54, 1.807) is 11.3 Å². The Kier molecular flexibility index (Phi) is 4.40. The molecule has 19 heavy (non-hydrogen) atoms. The first kappa shape index (κ1) is 14.3. The van der Waals surface area contributed by atoms with E-state index in [2.05, 4.69) is 56.0 Å². The Morgan fingerprint density at radius 1 is 1.05 bits per heavy atom. The Hall–Kier alpha value is -1.16. The zero-order chi connectivity index (χ0) is 14.0. The molecule has 1 aromatic heterocycles. The predicted octanol–water partition coefficient (Wildman–Crippen LogP) is 3.73. The quantitative estimate of drug-likeness (QED) is 0.658. The van der Waals surface area contributed by atoms with E-state index < -0.39 is 0 Å². The first-order chi connectivity index (χ1) is 9.02. The average Bonchev–Trinajstić information content (AvgIpc) is 2.75. The molecule has 0 aliphatic rings. The Balaban J connectivity index is 2.32. The van der Waals surface area contributed by atoms with E-state index >= 15 is 0 Å². The minimum Gasteiger partial charge on any atom is -0.271 e. The number of hydrogen-bond donors (Lipinski definition) is 2. The number of hydrazine groups is 1. The molecule has 2 nitrogen and oxygen atoms in total.